The average molecular weight is 517 g/mol. The number of nitrogens with one attached hydrogen (secondary N) is 2. The van der Waals surface area contributed by atoms with Crippen LogP contribution in [0.25, 0.3) is 16.9 Å². The van der Waals surface area contributed by atoms with Crippen molar-refractivity contribution in [3.63, 3.8) is 0 Å². The van der Waals surface area contributed by atoms with E-state index < -0.39 is 0 Å². The molecule has 38 heavy (non-hydrogen) atoms. The van der Waals surface area contributed by atoms with Crippen molar-refractivity contribution in [2.45, 2.75) is 45.2 Å². The SMILES string of the molecule is C=CCn1c(=O)c2cnc(Nc3cc(OC)cc(C4CCNCC4)c3)nc2n1-c1ccc(=O)n(C(C)C)n1. The second kappa shape index (κ2) is 10.6. The fraction of sp³-hybridized carbons (Fsp3) is 0.370. The van der Waals surface area contributed by atoms with Crippen molar-refractivity contribution in [2.75, 3.05) is 25.5 Å². The molecule has 0 bridgehead atoms. The fourth-order valence-corrected chi connectivity index (χ4v) is 4.84. The van der Waals surface area contributed by atoms with Crippen LogP contribution in [0.5, 0.6) is 5.75 Å². The highest BCUT2D eigenvalue weighted by atomic mass is 16.5. The molecule has 2 N–H and O–H groups in total. The highest BCUT2D eigenvalue weighted by molar-refractivity contribution is 5.77. The molecule has 1 fully saturated rings. The summed E-state index contributed by atoms with van der Waals surface area (Å²) in [6.07, 6.45) is 5.25. The first kappa shape index (κ1) is 25.4. The summed E-state index contributed by atoms with van der Waals surface area (Å²) in [7, 11) is 1.65. The number of fused-ring (bicyclic) bond motifs is 1. The summed E-state index contributed by atoms with van der Waals surface area (Å²) >= 11 is 0. The minimum atomic E-state index is -0.273. The minimum Gasteiger partial charge on any atom is -0.497 e. The van der Waals surface area contributed by atoms with Gasteiger partial charge in [0, 0.05) is 24.0 Å². The van der Waals surface area contributed by atoms with Crippen molar-refractivity contribution in [1.29, 1.82) is 0 Å². The molecule has 11 heteroatoms. The number of aromatic nitrogens is 6. The Morgan fingerprint density at radius 2 is 2.00 bits per heavy atom. The Balaban J connectivity index is 1.60. The van der Waals surface area contributed by atoms with E-state index >= 15 is 0 Å². The Bertz CT molecular complexity index is 1590. The lowest BCUT2D eigenvalue weighted by Gasteiger charge is -2.24. The van der Waals surface area contributed by atoms with Gasteiger partial charge >= 0.3 is 0 Å². The normalized spacial score (nSPS) is 14.2. The predicted octanol–water partition coefficient (Wildman–Crippen LogP) is 3.13. The van der Waals surface area contributed by atoms with Crippen LogP contribution in [0.3, 0.4) is 0 Å². The van der Waals surface area contributed by atoms with E-state index in [4.69, 9.17) is 9.72 Å². The van der Waals surface area contributed by atoms with Gasteiger partial charge < -0.3 is 15.4 Å². The van der Waals surface area contributed by atoms with E-state index in [1.807, 2.05) is 19.9 Å². The molecule has 0 saturated carbocycles. The van der Waals surface area contributed by atoms with Crippen molar-refractivity contribution >= 4 is 22.7 Å². The largest absolute Gasteiger partial charge is 0.497 e. The standard InChI is InChI=1S/C27H32N8O3/c1-5-12-33-26(37)22-16-29-27(31-25(22)35(33)23-6-7-24(36)34(32-23)17(2)3)30-20-13-19(14-21(15-20)38-4)18-8-10-28-11-9-18/h5-7,13-18,28H,1,8-12H2,2-4H3,(H,29,30,31). The lowest BCUT2D eigenvalue weighted by atomic mass is 9.90. The van der Waals surface area contributed by atoms with Gasteiger partial charge in [-0.15, -0.1) is 11.7 Å². The van der Waals surface area contributed by atoms with Crippen LogP contribution in [0.15, 0.2) is 58.8 Å². The molecule has 3 aromatic heterocycles. The molecular formula is C27H32N8O3. The van der Waals surface area contributed by atoms with Gasteiger partial charge in [-0.3, -0.25) is 9.59 Å². The van der Waals surface area contributed by atoms with E-state index in [1.54, 1.807) is 23.9 Å². The van der Waals surface area contributed by atoms with Crippen LogP contribution < -0.4 is 26.5 Å². The summed E-state index contributed by atoms with van der Waals surface area (Å²) in [5.74, 6) is 1.91. The zero-order valence-electron chi connectivity index (χ0n) is 21.8. The number of piperidine rings is 1. The highest BCUT2D eigenvalue weighted by Crippen LogP contribution is 2.32. The van der Waals surface area contributed by atoms with Crippen LogP contribution in [-0.2, 0) is 6.54 Å². The van der Waals surface area contributed by atoms with Gasteiger partial charge in [0.2, 0.25) is 5.95 Å². The second-order valence-corrected chi connectivity index (χ2v) is 9.63. The number of hydrogen-bond acceptors (Lipinski definition) is 8. The van der Waals surface area contributed by atoms with Crippen molar-refractivity contribution in [1.82, 2.24) is 34.4 Å². The molecule has 1 saturated heterocycles. The number of rotatable bonds is 8. The molecule has 4 aromatic rings. The van der Waals surface area contributed by atoms with Gasteiger partial charge in [0.25, 0.3) is 11.1 Å². The monoisotopic (exact) mass is 516 g/mol. The Kier molecular flexibility index (Phi) is 7.10. The summed E-state index contributed by atoms with van der Waals surface area (Å²) < 4.78 is 10.0. The molecule has 198 valence electrons. The first-order valence-electron chi connectivity index (χ1n) is 12.8. The Morgan fingerprint density at radius 1 is 1.21 bits per heavy atom. The lowest BCUT2D eigenvalue weighted by molar-refractivity contribution is 0.411. The van der Waals surface area contributed by atoms with Crippen molar-refractivity contribution < 1.29 is 4.74 Å². The number of ether oxygens (including phenoxy) is 1. The van der Waals surface area contributed by atoms with Crippen LogP contribution in [0.2, 0.25) is 0 Å². The molecule has 0 unspecified atom stereocenters. The second-order valence-electron chi connectivity index (χ2n) is 9.63. The summed E-state index contributed by atoms with van der Waals surface area (Å²) in [5.41, 5.74) is 1.87. The molecule has 1 aliphatic rings. The van der Waals surface area contributed by atoms with Crippen molar-refractivity contribution in [3.05, 3.63) is 75.5 Å². The summed E-state index contributed by atoms with van der Waals surface area (Å²) in [4.78, 5) is 34.7. The van der Waals surface area contributed by atoms with E-state index in [2.05, 4.69) is 39.4 Å². The Labute approximate surface area is 219 Å². The lowest BCUT2D eigenvalue weighted by Crippen LogP contribution is -2.28. The molecule has 0 atom stereocenters. The number of anilines is 2. The molecule has 1 aromatic carbocycles. The third kappa shape index (κ3) is 4.84. The maximum Gasteiger partial charge on any atom is 0.278 e. The smallest absolute Gasteiger partial charge is 0.278 e. The zero-order chi connectivity index (χ0) is 26.8. The molecule has 1 aliphatic heterocycles. The van der Waals surface area contributed by atoms with Crippen LogP contribution in [0.1, 0.15) is 44.2 Å². The van der Waals surface area contributed by atoms with Crippen LogP contribution in [-0.4, -0.2) is 49.3 Å². The van der Waals surface area contributed by atoms with Gasteiger partial charge in [-0.05, 0) is 69.5 Å². The summed E-state index contributed by atoms with van der Waals surface area (Å²) in [5, 5.41) is 11.5. The molecule has 0 spiro atoms. The maximum atomic E-state index is 13.2. The average Bonchev–Trinajstić information content (AvgIpc) is 3.20. The van der Waals surface area contributed by atoms with Gasteiger partial charge in [-0.25, -0.2) is 19.0 Å². The van der Waals surface area contributed by atoms with Gasteiger partial charge in [-0.1, -0.05) is 6.08 Å². The van der Waals surface area contributed by atoms with E-state index in [-0.39, 0.29) is 23.7 Å². The third-order valence-corrected chi connectivity index (χ3v) is 6.73. The topological polar surface area (TPSA) is 121 Å². The zero-order valence-corrected chi connectivity index (χ0v) is 21.8. The summed E-state index contributed by atoms with van der Waals surface area (Å²) in [6, 6.07) is 8.94. The van der Waals surface area contributed by atoms with E-state index in [0.29, 0.717) is 28.7 Å². The van der Waals surface area contributed by atoms with Crippen molar-refractivity contribution in [2.24, 2.45) is 0 Å². The third-order valence-electron chi connectivity index (χ3n) is 6.73. The van der Waals surface area contributed by atoms with Gasteiger partial charge in [-0.2, -0.15) is 4.98 Å². The van der Waals surface area contributed by atoms with Crippen molar-refractivity contribution in [3.8, 4) is 11.6 Å². The minimum absolute atomic E-state index is 0.155. The van der Waals surface area contributed by atoms with E-state index in [1.165, 1.54) is 27.2 Å². The molecule has 5 rings (SSSR count). The quantitative estimate of drug-likeness (QED) is 0.343. The number of allylic oxidation sites excluding steroid dienone is 1. The predicted molar refractivity (Wildman–Crippen MR) is 147 cm³/mol. The molecule has 4 heterocycles. The molecule has 0 aliphatic carbocycles. The Morgan fingerprint density at radius 3 is 2.71 bits per heavy atom. The molecule has 0 radical (unpaired) electrons. The molecular weight excluding hydrogens is 484 g/mol. The number of hydrogen-bond donors (Lipinski definition) is 2. The Hall–Kier alpha value is -4.25. The van der Waals surface area contributed by atoms with E-state index in [9.17, 15) is 9.59 Å². The number of benzene rings is 1. The van der Waals surface area contributed by atoms with E-state index in [0.717, 1.165) is 37.4 Å². The number of methoxy groups -OCH3 is 1. The first-order chi connectivity index (χ1) is 18.4. The molecule has 0 amide bonds. The maximum absolute atomic E-state index is 13.2. The van der Waals surface area contributed by atoms with Gasteiger partial charge in [0.15, 0.2) is 11.5 Å². The number of nitrogens with zero attached hydrogens (tertiary/aromatic N) is 6. The van der Waals surface area contributed by atoms with Gasteiger partial charge in [0.1, 0.15) is 11.1 Å². The van der Waals surface area contributed by atoms with Crippen LogP contribution >= 0.6 is 0 Å². The van der Waals surface area contributed by atoms with Gasteiger partial charge in [0.05, 0.1) is 19.7 Å². The summed E-state index contributed by atoms with van der Waals surface area (Å²) in [6.45, 7) is 9.74. The fourth-order valence-electron chi connectivity index (χ4n) is 4.84. The molecule has 11 nitrogen and oxygen atoms in total. The van der Waals surface area contributed by atoms with Crippen LogP contribution in [0.4, 0.5) is 11.6 Å². The first-order valence-corrected chi connectivity index (χ1v) is 12.8. The van der Waals surface area contributed by atoms with Crippen LogP contribution in [0, 0.1) is 0 Å². The highest BCUT2D eigenvalue weighted by Gasteiger charge is 2.20.